The van der Waals surface area contributed by atoms with Gasteiger partial charge in [-0.05, 0) is 69.2 Å². The molecule has 0 saturated heterocycles. The molecule has 2 rings (SSSR count). The predicted molar refractivity (Wildman–Crippen MR) is 159 cm³/mol. The summed E-state index contributed by atoms with van der Waals surface area (Å²) in [6.45, 7) is 4.71. The molecule has 41 heavy (non-hydrogen) atoms. The van der Waals surface area contributed by atoms with Gasteiger partial charge in [0.15, 0.2) is 0 Å². The highest BCUT2D eigenvalue weighted by molar-refractivity contribution is 5.94. The zero-order chi connectivity index (χ0) is 30.4. The van der Waals surface area contributed by atoms with E-state index in [1.54, 1.807) is 6.20 Å². The van der Waals surface area contributed by atoms with Crippen molar-refractivity contribution in [2.75, 3.05) is 13.1 Å². The number of amides is 3. The van der Waals surface area contributed by atoms with Gasteiger partial charge in [-0.15, -0.1) is 0 Å². The molecule has 2 aromatic rings. The normalized spacial score (nSPS) is 14.3. The van der Waals surface area contributed by atoms with Crippen LogP contribution in [0, 0.1) is 5.92 Å². The van der Waals surface area contributed by atoms with Gasteiger partial charge in [0.1, 0.15) is 18.1 Å². The smallest absolute Gasteiger partial charge is 0.326 e. The Bertz CT molecular complexity index is 1140. The van der Waals surface area contributed by atoms with E-state index in [1.807, 2.05) is 38.1 Å². The molecule has 0 bridgehead atoms. The molecule has 1 heterocycles. The van der Waals surface area contributed by atoms with Gasteiger partial charge < -0.3 is 43.2 Å². The summed E-state index contributed by atoms with van der Waals surface area (Å²) in [5, 5.41) is 18.6. The number of aliphatic carboxylic acids is 1. The molecule has 1 aromatic carbocycles. The number of hydrogen-bond acceptors (Lipinski definition) is 7. The molecule has 0 fully saturated rings. The zero-order valence-corrected chi connectivity index (χ0v) is 24.2. The third kappa shape index (κ3) is 11.1. The molecule has 1 aromatic heterocycles. The number of carbonyl (C=O) groups is 4. The van der Waals surface area contributed by atoms with E-state index in [4.69, 9.17) is 17.2 Å². The lowest BCUT2D eigenvalue weighted by atomic mass is 9.99. The Morgan fingerprint density at radius 2 is 1.41 bits per heavy atom. The highest BCUT2D eigenvalue weighted by atomic mass is 16.4. The Hall–Kier alpha value is -3.48. The predicted octanol–water partition coefficient (Wildman–Crippen LogP) is 0.881. The van der Waals surface area contributed by atoms with E-state index in [1.165, 1.54) is 0 Å². The van der Waals surface area contributed by atoms with E-state index in [-0.39, 0.29) is 25.2 Å². The first-order valence-electron chi connectivity index (χ1n) is 14.4. The maximum Gasteiger partial charge on any atom is 0.326 e. The van der Waals surface area contributed by atoms with Crippen molar-refractivity contribution in [2.24, 2.45) is 23.1 Å². The molecule has 0 aliphatic heterocycles. The largest absolute Gasteiger partial charge is 0.480 e. The number of nitrogens with one attached hydrogen (secondary N) is 4. The summed E-state index contributed by atoms with van der Waals surface area (Å²) < 4.78 is 0. The van der Waals surface area contributed by atoms with Crippen molar-refractivity contribution in [3.05, 3.63) is 36.0 Å². The van der Waals surface area contributed by atoms with E-state index in [0.717, 1.165) is 22.9 Å². The van der Waals surface area contributed by atoms with Gasteiger partial charge in [-0.2, -0.15) is 0 Å². The number of fused-ring (bicyclic) bond motifs is 1. The summed E-state index contributed by atoms with van der Waals surface area (Å²) in [7, 11) is 0. The number of benzene rings is 1. The van der Waals surface area contributed by atoms with Gasteiger partial charge in [0.25, 0.3) is 0 Å². The third-order valence-electron chi connectivity index (χ3n) is 6.94. The van der Waals surface area contributed by atoms with Crippen LogP contribution in [-0.2, 0) is 25.6 Å². The molecule has 11 N–H and O–H groups in total. The minimum Gasteiger partial charge on any atom is -0.480 e. The first kappa shape index (κ1) is 33.7. The Balaban J connectivity index is 2.25. The van der Waals surface area contributed by atoms with Crippen molar-refractivity contribution in [3.8, 4) is 0 Å². The van der Waals surface area contributed by atoms with Crippen molar-refractivity contribution in [3.63, 3.8) is 0 Å². The van der Waals surface area contributed by atoms with Crippen LogP contribution >= 0.6 is 0 Å². The Labute approximate surface area is 241 Å². The Kier molecular flexibility index (Phi) is 14.3. The molecular weight excluding hydrogens is 526 g/mol. The molecule has 12 nitrogen and oxygen atoms in total. The maximum absolute atomic E-state index is 13.6. The SMILES string of the molecule is CC(C)CC(NC(=O)C(Cc1c[nH]c2ccccc12)NC(=O)C(N)CCCCN)C(=O)NC(CCCCN)C(=O)O. The highest BCUT2D eigenvalue weighted by Gasteiger charge is 2.31. The lowest BCUT2D eigenvalue weighted by Crippen LogP contribution is -2.57. The number of aromatic nitrogens is 1. The number of unbranched alkanes of at least 4 members (excludes halogenated alkanes) is 2. The van der Waals surface area contributed by atoms with Crippen LogP contribution in [0.15, 0.2) is 30.5 Å². The van der Waals surface area contributed by atoms with Gasteiger partial charge in [-0.1, -0.05) is 38.5 Å². The lowest BCUT2D eigenvalue weighted by Gasteiger charge is -2.26. The van der Waals surface area contributed by atoms with E-state index in [0.29, 0.717) is 38.8 Å². The van der Waals surface area contributed by atoms with Gasteiger partial charge >= 0.3 is 5.97 Å². The Morgan fingerprint density at radius 3 is 2.05 bits per heavy atom. The fraction of sp³-hybridized carbons (Fsp3) is 0.586. The van der Waals surface area contributed by atoms with E-state index < -0.39 is 47.9 Å². The molecule has 0 radical (unpaired) electrons. The standard InChI is InChI=1S/C29H47N7O5/c1-18(2)15-24(27(38)34-23(29(40)41)12-6-8-14-31)36-28(39)25(35-26(37)21(32)10-5-7-13-30)16-19-17-33-22-11-4-3-9-20(19)22/h3-4,9,11,17-18,21,23-25,33H,5-8,10,12-16,30-32H2,1-2H3,(H,34,38)(H,35,37)(H,36,39)(H,40,41). The molecule has 4 unspecified atom stereocenters. The average molecular weight is 574 g/mol. The van der Waals surface area contributed by atoms with Gasteiger partial charge in [-0.25, -0.2) is 4.79 Å². The van der Waals surface area contributed by atoms with Crippen molar-refractivity contribution in [1.82, 2.24) is 20.9 Å². The number of H-pyrrole nitrogens is 1. The van der Waals surface area contributed by atoms with Crippen LogP contribution in [0.3, 0.4) is 0 Å². The second-order valence-corrected chi connectivity index (χ2v) is 10.9. The molecule has 12 heteroatoms. The van der Waals surface area contributed by atoms with Gasteiger partial charge in [0.05, 0.1) is 6.04 Å². The second-order valence-electron chi connectivity index (χ2n) is 10.9. The van der Waals surface area contributed by atoms with Crippen molar-refractivity contribution in [2.45, 2.75) is 89.4 Å². The fourth-order valence-electron chi connectivity index (χ4n) is 4.65. The molecule has 0 aliphatic carbocycles. The van der Waals surface area contributed by atoms with E-state index in [2.05, 4.69) is 20.9 Å². The molecule has 0 saturated carbocycles. The molecule has 4 atom stereocenters. The summed E-state index contributed by atoms with van der Waals surface area (Å²) in [6.07, 6.45) is 5.45. The number of nitrogens with two attached hydrogens (primary N) is 3. The fourth-order valence-corrected chi connectivity index (χ4v) is 4.65. The molecular formula is C29H47N7O5. The number of aromatic amines is 1. The number of carboxylic acids is 1. The number of rotatable bonds is 19. The monoisotopic (exact) mass is 573 g/mol. The van der Waals surface area contributed by atoms with Crippen LogP contribution in [0.4, 0.5) is 0 Å². The van der Waals surface area contributed by atoms with Crippen molar-refractivity contribution >= 4 is 34.6 Å². The van der Waals surface area contributed by atoms with E-state index >= 15 is 0 Å². The third-order valence-corrected chi connectivity index (χ3v) is 6.94. The zero-order valence-electron chi connectivity index (χ0n) is 24.2. The van der Waals surface area contributed by atoms with Crippen LogP contribution in [0.1, 0.15) is 64.4 Å². The number of hydrogen-bond donors (Lipinski definition) is 8. The van der Waals surface area contributed by atoms with Gasteiger partial charge in [0, 0.05) is 23.5 Å². The summed E-state index contributed by atoms with van der Waals surface area (Å²) in [4.78, 5) is 54.8. The number of carbonyl (C=O) groups excluding carboxylic acids is 3. The summed E-state index contributed by atoms with van der Waals surface area (Å²) in [6, 6.07) is 3.66. The van der Waals surface area contributed by atoms with Crippen LogP contribution in [0.5, 0.6) is 0 Å². The summed E-state index contributed by atoms with van der Waals surface area (Å²) in [5.41, 5.74) is 18.9. The van der Waals surface area contributed by atoms with Gasteiger partial charge in [-0.3, -0.25) is 14.4 Å². The van der Waals surface area contributed by atoms with E-state index in [9.17, 15) is 24.3 Å². The average Bonchev–Trinajstić information content (AvgIpc) is 3.34. The molecule has 228 valence electrons. The number of para-hydroxylation sites is 1. The van der Waals surface area contributed by atoms with Crippen molar-refractivity contribution < 1.29 is 24.3 Å². The second kappa shape index (κ2) is 17.4. The quantitative estimate of drug-likeness (QED) is 0.112. The Morgan fingerprint density at radius 1 is 0.829 bits per heavy atom. The molecule has 0 spiro atoms. The highest BCUT2D eigenvalue weighted by Crippen LogP contribution is 2.19. The maximum atomic E-state index is 13.6. The molecule has 0 aliphatic rings. The van der Waals surface area contributed by atoms with Gasteiger partial charge in [0.2, 0.25) is 17.7 Å². The summed E-state index contributed by atoms with van der Waals surface area (Å²) >= 11 is 0. The first-order valence-corrected chi connectivity index (χ1v) is 14.4. The van der Waals surface area contributed by atoms with Crippen LogP contribution in [0.2, 0.25) is 0 Å². The minimum atomic E-state index is -1.15. The van der Waals surface area contributed by atoms with Crippen LogP contribution in [0.25, 0.3) is 10.9 Å². The lowest BCUT2D eigenvalue weighted by molar-refractivity contribution is -0.142. The van der Waals surface area contributed by atoms with Crippen LogP contribution in [-0.4, -0.2) is 71.0 Å². The molecule has 3 amide bonds. The van der Waals surface area contributed by atoms with Crippen molar-refractivity contribution in [1.29, 1.82) is 0 Å². The number of carboxylic acid groups (broad SMARTS) is 1. The first-order chi connectivity index (χ1) is 19.6. The minimum absolute atomic E-state index is 0.0178. The topological polar surface area (TPSA) is 218 Å². The van der Waals surface area contributed by atoms with Crippen LogP contribution < -0.4 is 33.2 Å². The summed E-state index contributed by atoms with van der Waals surface area (Å²) in [5.74, 6) is -2.77.